The predicted octanol–water partition coefficient (Wildman–Crippen LogP) is 11.1. The molecule has 8 aromatic rings. The number of pyridine rings is 3. The van der Waals surface area contributed by atoms with Gasteiger partial charge in [-0.1, -0.05) is 94.8 Å². The Labute approximate surface area is 430 Å². The zero-order valence-electron chi connectivity index (χ0n) is 37.8. The molecular formula is C55H42N12Pd2-8. The number of aryl methyl sites for hydroxylation is 4. The van der Waals surface area contributed by atoms with Gasteiger partial charge in [0.1, 0.15) is 0 Å². The van der Waals surface area contributed by atoms with Gasteiger partial charge in [-0.25, -0.2) is 10.8 Å². The molecule has 0 atom stereocenters. The van der Waals surface area contributed by atoms with Gasteiger partial charge in [0.2, 0.25) is 0 Å². The average molecular weight is 1080 g/mol. The molecule has 0 fully saturated rings. The minimum atomic E-state index is 0. The van der Waals surface area contributed by atoms with Crippen LogP contribution in [-0.2, 0) is 40.8 Å². The number of anilines is 8. The fraction of sp³-hybridized carbons (Fsp3) is 0.0727. The molecule has 12 rings (SSSR count). The summed E-state index contributed by atoms with van der Waals surface area (Å²) in [5.74, 6) is 2.36. The first-order valence-electron chi connectivity index (χ1n) is 21.9. The molecule has 12 nitrogen and oxygen atoms in total. The van der Waals surface area contributed by atoms with Crippen molar-refractivity contribution in [1.29, 1.82) is 0 Å². The third-order valence-electron chi connectivity index (χ3n) is 12.1. The molecule has 14 heteroatoms. The maximum absolute atomic E-state index is 5.21. The summed E-state index contributed by atoms with van der Waals surface area (Å²) in [5, 5.41) is 1.71. The minimum Gasteiger partial charge on any atom is -0.494 e. The molecule has 350 valence electrons. The van der Waals surface area contributed by atoms with Gasteiger partial charge in [-0.05, 0) is 126 Å². The number of hydrogen-bond acceptors (Lipinski definition) is 11. The molecule has 0 N–H and O–H groups in total. The zero-order chi connectivity index (χ0) is 45.2. The standard InChI is InChI=1S/C55H42N12.2Pd/c1-39-5-13-43(14-6-39)59-21-25-63(35-59)52-31-50-48(33-56-52)49-34-57-53(64-26-22-60(36-64)44-15-7-40(2)8-16-44)32-51(49)67(50)47-29-54(65-27-23-61(37-65)45-17-9-41(3)10-18-45)58-55(30-47)66-28-24-62(38-66)46-19-11-42(4)12-20-46;;/h5-28,33-38H,1-4H3;;/q-8;;. The molecule has 0 unspecified atom stereocenters. The second kappa shape index (κ2) is 18.7. The summed E-state index contributed by atoms with van der Waals surface area (Å²) in [5.41, 5.74) is 11.1. The van der Waals surface area contributed by atoms with Crippen molar-refractivity contribution in [3.05, 3.63) is 232 Å². The van der Waals surface area contributed by atoms with Gasteiger partial charge in [0.25, 0.3) is 0 Å². The van der Waals surface area contributed by atoms with E-state index in [1.54, 1.807) is 0 Å². The minimum absolute atomic E-state index is 0. The van der Waals surface area contributed by atoms with Crippen molar-refractivity contribution >= 4 is 67.8 Å². The van der Waals surface area contributed by atoms with Crippen LogP contribution in [-0.4, -0.2) is 19.5 Å². The van der Waals surface area contributed by atoms with Crippen molar-refractivity contribution in [3.8, 4) is 5.69 Å². The molecule has 0 bridgehead atoms. The van der Waals surface area contributed by atoms with Crippen molar-refractivity contribution in [2.75, 3.05) is 39.2 Å². The van der Waals surface area contributed by atoms with Crippen molar-refractivity contribution in [1.82, 2.24) is 19.5 Å². The fourth-order valence-corrected chi connectivity index (χ4v) is 8.28. The van der Waals surface area contributed by atoms with Crippen LogP contribution in [0.1, 0.15) is 22.3 Å². The Balaban J connectivity index is 0.00000277. The largest absolute Gasteiger partial charge is 0.494 e. The molecule has 0 amide bonds. The topological polar surface area (TPSA) is 69.5 Å². The predicted molar refractivity (Wildman–Crippen MR) is 268 cm³/mol. The summed E-state index contributed by atoms with van der Waals surface area (Å²) in [4.78, 5) is 31.3. The van der Waals surface area contributed by atoms with Crippen molar-refractivity contribution < 1.29 is 40.8 Å². The van der Waals surface area contributed by atoms with E-state index in [1.807, 2.05) is 108 Å². The van der Waals surface area contributed by atoms with Crippen molar-refractivity contribution in [2.45, 2.75) is 27.7 Å². The van der Waals surface area contributed by atoms with Crippen LogP contribution in [0.15, 0.2) is 159 Å². The van der Waals surface area contributed by atoms with Crippen LogP contribution in [0, 0.1) is 78.6 Å². The van der Waals surface area contributed by atoms with E-state index in [0.29, 0.717) is 29.0 Å². The van der Waals surface area contributed by atoms with E-state index in [9.17, 15) is 0 Å². The second-order valence-corrected chi connectivity index (χ2v) is 16.9. The molecule has 0 saturated carbocycles. The normalized spacial score (nSPS) is 15.2. The molecule has 0 spiro atoms. The van der Waals surface area contributed by atoms with Crippen LogP contribution in [0.25, 0.3) is 27.5 Å². The Bertz CT molecular complexity index is 3080. The average Bonchev–Trinajstić information content (AvgIpc) is 4.22. The Hall–Kier alpha value is -7.19. The molecule has 0 saturated heterocycles. The SMILES string of the molecule is Cc1ccc(N2C=CN(c3[c-]c4c(cn3)c3cnc(N5C=CN(c6ccc(C)cc6)[CH-]5)[c-]c3n4-c3[c-]c(N4C=CN(c5ccc(C)cc5)[CH-]4)nc(N4C=CN(c5ccc(C)cc5)[CH-]4)[c-]3)[CH-]2)cc1.[Pd].[Pd]. The first kappa shape index (κ1) is 45.6. The summed E-state index contributed by atoms with van der Waals surface area (Å²) in [6, 6.07) is 48.5. The number of aromatic nitrogens is 4. The number of nitrogens with zero attached hydrogens (tertiary/aromatic N) is 12. The van der Waals surface area contributed by atoms with Gasteiger partial charge in [0.05, 0.1) is 0 Å². The van der Waals surface area contributed by atoms with E-state index in [-0.39, 0.29) is 40.8 Å². The monoisotopic (exact) mass is 1080 g/mol. The Morgan fingerprint density at radius 3 is 0.928 bits per heavy atom. The van der Waals surface area contributed by atoms with Gasteiger partial charge in [-0.2, -0.15) is 12.1 Å². The van der Waals surface area contributed by atoms with Gasteiger partial charge in [0.15, 0.2) is 0 Å². The molecule has 4 aromatic heterocycles. The quantitative estimate of drug-likeness (QED) is 0.103. The first-order chi connectivity index (χ1) is 32.8. The van der Waals surface area contributed by atoms with Crippen molar-refractivity contribution in [2.24, 2.45) is 0 Å². The Kier molecular flexibility index (Phi) is 12.4. The molecule has 69 heavy (non-hydrogen) atoms. The Morgan fingerprint density at radius 2 is 0.623 bits per heavy atom. The summed E-state index contributed by atoms with van der Waals surface area (Å²) < 4.78 is 2.10. The second-order valence-electron chi connectivity index (χ2n) is 16.9. The van der Waals surface area contributed by atoms with E-state index in [1.165, 1.54) is 22.3 Å². The van der Waals surface area contributed by atoms with Crippen molar-refractivity contribution in [3.63, 3.8) is 0 Å². The number of hydrogen-bond donors (Lipinski definition) is 0. The van der Waals surface area contributed by atoms with Crippen LogP contribution in [0.5, 0.6) is 0 Å². The first-order valence-corrected chi connectivity index (χ1v) is 21.9. The number of fused-ring (bicyclic) bond motifs is 3. The van der Waals surface area contributed by atoms with Crippen LogP contribution in [0.3, 0.4) is 0 Å². The molecule has 4 aliphatic rings. The molecular weight excluding hydrogens is 1040 g/mol. The van der Waals surface area contributed by atoms with Crippen LogP contribution < -0.4 is 39.2 Å². The van der Waals surface area contributed by atoms with Gasteiger partial charge in [-0.15, -0.1) is 37.7 Å². The molecule has 8 heterocycles. The molecule has 0 aliphatic carbocycles. The van der Waals surface area contributed by atoms with E-state index >= 15 is 0 Å². The van der Waals surface area contributed by atoms with Gasteiger partial charge in [-0.3, -0.25) is 15.0 Å². The molecule has 4 aliphatic heterocycles. The van der Waals surface area contributed by atoms with E-state index in [0.717, 1.165) is 44.6 Å². The third-order valence-corrected chi connectivity index (χ3v) is 12.1. The number of benzene rings is 4. The maximum Gasteiger partial charge on any atom is 0.0124 e. The maximum atomic E-state index is 5.21. The van der Waals surface area contributed by atoms with Crippen LogP contribution in [0.2, 0.25) is 0 Å². The fourth-order valence-electron chi connectivity index (χ4n) is 8.28. The van der Waals surface area contributed by atoms with E-state index in [2.05, 4.69) is 173 Å². The molecule has 4 aromatic carbocycles. The smallest absolute Gasteiger partial charge is 0.0124 e. The van der Waals surface area contributed by atoms with Gasteiger partial charge < -0.3 is 61.6 Å². The van der Waals surface area contributed by atoms with Gasteiger partial charge in [0, 0.05) is 75.2 Å². The zero-order valence-corrected chi connectivity index (χ0v) is 40.9. The summed E-state index contributed by atoms with van der Waals surface area (Å²) in [6.45, 7) is 16.4. The Morgan fingerprint density at radius 1 is 0.348 bits per heavy atom. The third kappa shape index (κ3) is 8.78. The van der Waals surface area contributed by atoms with Crippen LogP contribution >= 0.6 is 0 Å². The van der Waals surface area contributed by atoms with E-state index < -0.39 is 0 Å². The van der Waals surface area contributed by atoms with Gasteiger partial charge >= 0.3 is 0 Å². The van der Waals surface area contributed by atoms with E-state index in [4.69, 9.17) is 15.0 Å². The summed E-state index contributed by atoms with van der Waals surface area (Å²) >= 11 is 0. The summed E-state index contributed by atoms with van der Waals surface area (Å²) in [6.07, 6.45) is 19.8. The van der Waals surface area contributed by atoms with Crippen LogP contribution in [0.4, 0.5) is 46.0 Å². The molecule has 0 radical (unpaired) electrons. The summed E-state index contributed by atoms with van der Waals surface area (Å²) in [7, 11) is 0. The number of rotatable bonds is 9.